The van der Waals surface area contributed by atoms with Crippen molar-refractivity contribution in [1.29, 1.82) is 0 Å². The number of anilines is 2. The first-order valence-corrected chi connectivity index (χ1v) is 8.67. The summed E-state index contributed by atoms with van der Waals surface area (Å²) in [6.07, 6.45) is 1.73. The first-order valence-electron chi connectivity index (χ1n) is 7.88. The molecule has 0 spiro atoms. The number of aliphatic hydroxyl groups is 1. The number of hydrogen-bond acceptors (Lipinski definition) is 5. The van der Waals surface area contributed by atoms with Gasteiger partial charge in [0.25, 0.3) is 0 Å². The number of benzene rings is 1. The highest BCUT2D eigenvalue weighted by molar-refractivity contribution is 9.10. The van der Waals surface area contributed by atoms with Gasteiger partial charge < -0.3 is 15.3 Å². The molecule has 0 saturated heterocycles. The van der Waals surface area contributed by atoms with Crippen LogP contribution in [0.1, 0.15) is 23.4 Å². The molecule has 1 aromatic carbocycles. The lowest BCUT2D eigenvalue weighted by atomic mass is 10.00. The lowest BCUT2D eigenvalue weighted by molar-refractivity contribution is 0.292. The van der Waals surface area contributed by atoms with E-state index >= 15 is 0 Å². The molecule has 0 saturated carbocycles. The van der Waals surface area contributed by atoms with Crippen LogP contribution in [0.5, 0.6) is 0 Å². The average Bonchev–Trinajstić information content (AvgIpc) is 2.54. The number of aryl methyl sites for hydroxylation is 1. The van der Waals surface area contributed by atoms with Crippen molar-refractivity contribution in [3.05, 3.63) is 45.7 Å². The Morgan fingerprint density at radius 1 is 1.26 bits per heavy atom. The van der Waals surface area contributed by atoms with Crippen LogP contribution in [0.25, 0.3) is 0 Å². The Kier molecular flexibility index (Phi) is 5.13. The number of halogens is 1. The van der Waals surface area contributed by atoms with Crippen molar-refractivity contribution in [3.8, 4) is 0 Å². The first kappa shape index (κ1) is 16.2. The minimum atomic E-state index is 0.183. The van der Waals surface area contributed by atoms with Crippen molar-refractivity contribution in [2.24, 2.45) is 0 Å². The van der Waals surface area contributed by atoms with Gasteiger partial charge in [0.2, 0.25) is 0 Å². The SMILES string of the molecule is Cc1nc(NCCCO)cc(N2CCc3cc(Br)ccc3C2)n1. The van der Waals surface area contributed by atoms with Crippen molar-refractivity contribution < 1.29 is 5.11 Å². The van der Waals surface area contributed by atoms with E-state index in [9.17, 15) is 0 Å². The number of aromatic nitrogens is 2. The molecule has 0 fully saturated rings. The summed E-state index contributed by atoms with van der Waals surface area (Å²) in [5, 5.41) is 12.1. The Hall–Kier alpha value is -1.66. The highest BCUT2D eigenvalue weighted by atomic mass is 79.9. The van der Waals surface area contributed by atoms with Crippen molar-refractivity contribution in [2.75, 3.05) is 29.9 Å². The van der Waals surface area contributed by atoms with Gasteiger partial charge in [-0.3, -0.25) is 0 Å². The largest absolute Gasteiger partial charge is 0.396 e. The maximum absolute atomic E-state index is 8.89. The van der Waals surface area contributed by atoms with Crippen LogP contribution < -0.4 is 10.2 Å². The maximum Gasteiger partial charge on any atom is 0.134 e. The Morgan fingerprint density at radius 3 is 2.96 bits per heavy atom. The minimum absolute atomic E-state index is 0.183. The molecule has 0 unspecified atom stereocenters. The molecule has 2 heterocycles. The molecular weight excluding hydrogens is 356 g/mol. The highest BCUT2D eigenvalue weighted by Crippen LogP contribution is 2.26. The zero-order valence-corrected chi connectivity index (χ0v) is 14.8. The summed E-state index contributed by atoms with van der Waals surface area (Å²) in [5.41, 5.74) is 2.76. The topological polar surface area (TPSA) is 61.3 Å². The summed E-state index contributed by atoms with van der Waals surface area (Å²) in [5.74, 6) is 2.54. The number of nitrogens with one attached hydrogen (secondary N) is 1. The summed E-state index contributed by atoms with van der Waals surface area (Å²) < 4.78 is 1.14. The van der Waals surface area contributed by atoms with Crippen LogP contribution >= 0.6 is 15.9 Å². The van der Waals surface area contributed by atoms with Crippen molar-refractivity contribution in [3.63, 3.8) is 0 Å². The molecule has 1 aliphatic heterocycles. The van der Waals surface area contributed by atoms with E-state index in [2.05, 4.69) is 54.3 Å². The summed E-state index contributed by atoms with van der Waals surface area (Å²) in [7, 11) is 0. The molecule has 0 amide bonds. The highest BCUT2D eigenvalue weighted by Gasteiger charge is 2.18. The summed E-state index contributed by atoms with van der Waals surface area (Å²) in [4.78, 5) is 11.3. The third-order valence-electron chi connectivity index (χ3n) is 3.97. The van der Waals surface area contributed by atoms with Crippen LogP contribution in [-0.2, 0) is 13.0 Å². The van der Waals surface area contributed by atoms with Crippen LogP contribution in [0.2, 0.25) is 0 Å². The van der Waals surface area contributed by atoms with E-state index < -0.39 is 0 Å². The van der Waals surface area contributed by atoms with Gasteiger partial charge in [-0.1, -0.05) is 22.0 Å². The predicted molar refractivity (Wildman–Crippen MR) is 95.9 cm³/mol. The Labute approximate surface area is 144 Å². The molecule has 0 aliphatic carbocycles. The summed E-state index contributed by atoms with van der Waals surface area (Å²) in [6.45, 7) is 4.63. The number of aliphatic hydroxyl groups excluding tert-OH is 1. The van der Waals surface area contributed by atoms with Gasteiger partial charge in [0, 0.05) is 36.8 Å². The molecule has 0 bridgehead atoms. The fraction of sp³-hybridized carbons (Fsp3) is 0.412. The third-order valence-corrected chi connectivity index (χ3v) is 4.46. The van der Waals surface area contributed by atoms with Gasteiger partial charge in [0.05, 0.1) is 0 Å². The predicted octanol–water partition coefficient (Wildman–Crippen LogP) is 2.90. The normalized spacial score (nSPS) is 13.8. The molecule has 1 aromatic heterocycles. The molecule has 2 N–H and O–H groups in total. The molecule has 0 atom stereocenters. The number of rotatable bonds is 5. The second kappa shape index (κ2) is 7.27. The molecule has 5 nitrogen and oxygen atoms in total. The second-order valence-electron chi connectivity index (χ2n) is 5.75. The second-order valence-corrected chi connectivity index (χ2v) is 6.66. The van der Waals surface area contributed by atoms with E-state index in [1.54, 1.807) is 0 Å². The molecular formula is C17H21BrN4O. The monoisotopic (exact) mass is 376 g/mol. The molecule has 23 heavy (non-hydrogen) atoms. The fourth-order valence-corrected chi connectivity index (χ4v) is 3.23. The zero-order valence-electron chi connectivity index (χ0n) is 13.2. The molecule has 122 valence electrons. The lowest BCUT2D eigenvalue weighted by Gasteiger charge is -2.30. The summed E-state index contributed by atoms with van der Waals surface area (Å²) >= 11 is 3.54. The Balaban J connectivity index is 1.78. The average molecular weight is 377 g/mol. The van der Waals surface area contributed by atoms with E-state index in [-0.39, 0.29) is 6.61 Å². The lowest BCUT2D eigenvalue weighted by Crippen LogP contribution is -2.31. The standard InChI is InChI=1S/C17H21BrN4O/c1-12-20-16(19-6-2-8-23)10-17(21-12)22-7-5-13-9-15(18)4-3-14(13)11-22/h3-4,9-10,23H,2,5-8,11H2,1H3,(H,19,20,21). The van der Waals surface area contributed by atoms with Gasteiger partial charge in [-0.25, -0.2) is 9.97 Å². The van der Waals surface area contributed by atoms with Gasteiger partial charge in [0.15, 0.2) is 0 Å². The zero-order chi connectivity index (χ0) is 16.2. The van der Waals surface area contributed by atoms with Crippen molar-refractivity contribution >= 4 is 27.6 Å². The van der Waals surface area contributed by atoms with E-state index in [0.717, 1.165) is 41.4 Å². The number of fused-ring (bicyclic) bond motifs is 1. The van der Waals surface area contributed by atoms with Gasteiger partial charge in [-0.15, -0.1) is 0 Å². The van der Waals surface area contributed by atoms with Gasteiger partial charge in [-0.2, -0.15) is 0 Å². The van der Waals surface area contributed by atoms with Crippen molar-refractivity contribution in [2.45, 2.75) is 26.3 Å². The van der Waals surface area contributed by atoms with E-state index in [1.807, 2.05) is 13.0 Å². The molecule has 6 heteroatoms. The summed E-state index contributed by atoms with van der Waals surface area (Å²) in [6, 6.07) is 8.48. The molecule has 2 aromatic rings. The Bertz CT molecular complexity index is 692. The number of hydrogen-bond donors (Lipinski definition) is 2. The van der Waals surface area contributed by atoms with Crippen LogP contribution in [-0.4, -0.2) is 34.8 Å². The van der Waals surface area contributed by atoms with E-state index in [1.165, 1.54) is 11.1 Å². The van der Waals surface area contributed by atoms with Gasteiger partial charge in [0.1, 0.15) is 17.5 Å². The minimum Gasteiger partial charge on any atom is -0.396 e. The first-order chi connectivity index (χ1) is 11.2. The quantitative estimate of drug-likeness (QED) is 0.785. The van der Waals surface area contributed by atoms with Crippen LogP contribution in [0.15, 0.2) is 28.7 Å². The van der Waals surface area contributed by atoms with Gasteiger partial charge >= 0.3 is 0 Å². The van der Waals surface area contributed by atoms with Crippen LogP contribution in [0, 0.1) is 6.92 Å². The van der Waals surface area contributed by atoms with Crippen LogP contribution in [0.3, 0.4) is 0 Å². The number of nitrogens with zero attached hydrogens (tertiary/aromatic N) is 3. The van der Waals surface area contributed by atoms with E-state index in [0.29, 0.717) is 13.0 Å². The maximum atomic E-state index is 8.89. The van der Waals surface area contributed by atoms with Gasteiger partial charge in [-0.05, 0) is 43.0 Å². The molecule has 0 radical (unpaired) electrons. The smallest absolute Gasteiger partial charge is 0.134 e. The van der Waals surface area contributed by atoms with Crippen LogP contribution in [0.4, 0.5) is 11.6 Å². The van der Waals surface area contributed by atoms with Crippen molar-refractivity contribution in [1.82, 2.24) is 9.97 Å². The Morgan fingerprint density at radius 2 is 2.13 bits per heavy atom. The fourth-order valence-electron chi connectivity index (χ4n) is 2.82. The van der Waals surface area contributed by atoms with E-state index in [4.69, 9.17) is 5.11 Å². The molecule has 3 rings (SSSR count). The third kappa shape index (κ3) is 4.00. The molecule has 1 aliphatic rings.